The number of hydrogen-bond donors (Lipinski definition) is 3. The fourth-order valence-electron chi connectivity index (χ4n) is 8.33. The van der Waals surface area contributed by atoms with Crippen molar-refractivity contribution in [1.82, 2.24) is 0 Å². The SMILES string of the molecule is CCCCC/C=C\C/C=C\CCCCCCCC(=O)OCC(COC1OC(C(=O)O)C(O)C(O)C1OC(=O)CCCCCCCCCCC)OC(=O)CCCCCCC/C=C\CCCCCCCC. The Kier molecular flexibility index (Phi) is 42.7. The van der Waals surface area contributed by atoms with Crippen LogP contribution < -0.4 is 0 Å². The van der Waals surface area contributed by atoms with Gasteiger partial charge in [0.25, 0.3) is 0 Å². The summed E-state index contributed by atoms with van der Waals surface area (Å²) in [5, 5.41) is 31.3. The lowest BCUT2D eigenvalue weighted by atomic mass is 9.98. The van der Waals surface area contributed by atoms with Gasteiger partial charge >= 0.3 is 23.9 Å². The van der Waals surface area contributed by atoms with Gasteiger partial charge < -0.3 is 39.0 Å². The van der Waals surface area contributed by atoms with Crippen molar-refractivity contribution in [2.45, 2.75) is 289 Å². The Labute approximate surface area is 419 Å². The second kappa shape index (κ2) is 46.0. The van der Waals surface area contributed by atoms with Crippen LogP contribution in [0.5, 0.6) is 0 Å². The second-order valence-corrected chi connectivity index (χ2v) is 19.2. The number of carboxylic acids is 1. The molecule has 0 bridgehead atoms. The van der Waals surface area contributed by atoms with Crippen molar-refractivity contribution >= 4 is 23.9 Å². The highest BCUT2D eigenvalue weighted by Crippen LogP contribution is 2.26. The van der Waals surface area contributed by atoms with Gasteiger partial charge in [-0.1, -0.05) is 192 Å². The van der Waals surface area contributed by atoms with Gasteiger partial charge in [-0.3, -0.25) is 14.4 Å². The van der Waals surface area contributed by atoms with Crippen molar-refractivity contribution in [1.29, 1.82) is 0 Å². The average Bonchev–Trinajstić information content (AvgIpc) is 3.33. The number of ether oxygens (including phenoxy) is 5. The van der Waals surface area contributed by atoms with Crippen LogP contribution in [0, 0.1) is 0 Å². The van der Waals surface area contributed by atoms with E-state index in [4.69, 9.17) is 23.7 Å². The summed E-state index contributed by atoms with van der Waals surface area (Å²) in [6.07, 6.45) is 39.9. The fourth-order valence-corrected chi connectivity index (χ4v) is 8.33. The molecule has 0 aromatic heterocycles. The molecular weight excluding hydrogens is 877 g/mol. The molecule has 0 spiro atoms. The molecule has 0 aromatic rings. The quantitative estimate of drug-likeness (QED) is 0.0228. The number of carboxylic acid groups (broad SMARTS) is 1. The van der Waals surface area contributed by atoms with Crippen LogP contribution in [0.25, 0.3) is 0 Å². The Morgan fingerprint density at radius 3 is 1.35 bits per heavy atom. The van der Waals surface area contributed by atoms with Crippen molar-refractivity contribution in [2.75, 3.05) is 13.2 Å². The van der Waals surface area contributed by atoms with E-state index in [-0.39, 0.29) is 25.9 Å². The third-order valence-corrected chi connectivity index (χ3v) is 12.7. The third kappa shape index (κ3) is 36.5. The van der Waals surface area contributed by atoms with Gasteiger partial charge in [0.05, 0.1) is 6.61 Å². The molecule has 400 valence electrons. The third-order valence-electron chi connectivity index (χ3n) is 12.7. The zero-order valence-corrected chi connectivity index (χ0v) is 43.8. The molecule has 3 N–H and O–H groups in total. The van der Waals surface area contributed by atoms with Crippen molar-refractivity contribution < 1.29 is 58.2 Å². The van der Waals surface area contributed by atoms with E-state index in [0.717, 1.165) is 109 Å². The van der Waals surface area contributed by atoms with Crippen LogP contribution in [0.15, 0.2) is 36.5 Å². The number of carbonyl (C=O) groups excluding carboxylic acids is 3. The number of allylic oxidation sites excluding steroid dienone is 6. The minimum absolute atomic E-state index is 0.0610. The number of unbranched alkanes of at least 4 members (excludes halogenated alkanes) is 27. The van der Waals surface area contributed by atoms with E-state index in [2.05, 4.69) is 57.2 Å². The summed E-state index contributed by atoms with van der Waals surface area (Å²) in [5.74, 6) is -3.14. The number of aliphatic hydroxyl groups is 2. The summed E-state index contributed by atoms with van der Waals surface area (Å²) in [5.41, 5.74) is 0. The summed E-state index contributed by atoms with van der Waals surface area (Å²) in [7, 11) is 0. The maximum atomic E-state index is 13.1. The predicted molar refractivity (Wildman–Crippen MR) is 276 cm³/mol. The molecule has 1 fully saturated rings. The van der Waals surface area contributed by atoms with Gasteiger partial charge in [0.1, 0.15) is 18.8 Å². The highest BCUT2D eigenvalue weighted by atomic mass is 16.7. The van der Waals surface area contributed by atoms with Gasteiger partial charge in [-0.15, -0.1) is 0 Å². The van der Waals surface area contributed by atoms with Crippen molar-refractivity contribution in [3.05, 3.63) is 36.5 Å². The van der Waals surface area contributed by atoms with Crippen molar-refractivity contribution in [2.24, 2.45) is 0 Å². The standard InChI is InChI=1S/C57H100O12/c1-4-7-10-13-16-19-21-23-25-27-29-32-34-37-40-43-49(58)65-46-48(67-50(59)44-41-38-36-33-30-28-26-24-22-20-17-14-11-8-5-2)47-66-57-55(53(62)52(61)54(69-57)56(63)64)68-51(60)45-42-39-35-31-18-15-12-9-6-3/h16,19,23-26,48,52-55,57,61-62H,4-15,17-18,20-22,27-47H2,1-3H3,(H,63,64)/b19-16-,25-23-,26-24-. The molecular formula is C57H100O12. The number of esters is 3. The Morgan fingerprint density at radius 2 is 0.870 bits per heavy atom. The lowest BCUT2D eigenvalue weighted by Crippen LogP contribution is -2.61. The first-order valence-electron chi connectivity index (χ1n) is 28.0. The first-order chi connectivity index (χ1) is 33.6. The Balaban J connectivity index is 2.71. The number of aliphatic hydroxyl groups excluding tert-OH is 2. The molecule has 12 heteroatoms. The number of rotatable bonds is 47. The highest BCUT2D eigenvalue weighted by molar-refractivity contribution is 5.74. The minimum Gasteiger partial charge on any atom is -0.479 e. The fraction of sp³-hybridized carbons (Fsp3) is 0.825. The molecule has 69 heavy (non-hydrogen) atoms. The smallest absolute Gasteiger partial charge is 0.335 e. The first-order valence-corrected chi connectivity index (χ1v) is 28.0. The van der Waals surface area contributed by atoms with E-state index in [1.165, 1.54) is 83.5 Å². The minimum atomic E-state index is -1.90. The van der Waals surface area contributed by atoms with E-state index in [1.807, 2.05) is 0 Å². The molecule has 0 saturated carbocycles. The molecule has 1 aliphatic rings. The molecule has 0 aromatic carbocycles. The van der Waals surface area contributed by atoms with Crippen LogP contribution in [-0.4, -0.2) is 89.2 Å². The summed E-state index contributed by atoms with van der Waals surface area (Å²) in [6.45, 7) is 5.91. The summed E-state index contributed by atoms with van der Waals surface area (Å²) >= 11 is 0. The largest absolute Gasteiger partial charge is 0.479 e. The maximum Gasteiger partial charge on any atom is 0.335 e. The monoisotopic (exact) mass is 977 g/mol. The average molecular weight is 977 g/mol. The van der Waals surface area contributed by atoms with E-state index in [1.54, 1.807) is 0 Å². The molecule has 0 amide bonds. The molecule has 0 radical (unpaired) electrons. The van der Waals surface area contributed by atoms with Gasteiger partial charge in [-0.05, 0) is 77.0 Å². The Bertz CT molecular complexity index is 1350. The second-order valence-electron chi connectivity index (χ2n) is 19.2. The summed E-state index contributed by atoms with van der Waals surface area (Å²) in [4.78, 5) is 50.9. The van der Waals surface area contributed by atoms with Gasteiger partial charge in [-0.25, -0.2) is 4.79 Å². The molecule has 12 nitrogen and oxygen atoms in total. The molecule has 1 aliphatic heterocycles. The van der Waals surface area contributed by atoms with Gasteiger partial charge in [0, 0.05) is 19.3 Å². The van der Waals surface area contributed by atoms with Crippen LogP contribution in [0.1, 0.15) is 252 Å². The van der Waals surface area contributed by atoms with E-state index in [0.29, 0.717) is 19.3 Å². The van der Waals surface area contributed by atoms with Gasteiger partial charge in [0.2, 0.25) is 0 Å². The van der Waals surface area contributed by atoms with Gasteiger partial charge in [0.15, 0.2) is 24.6 Å². The molecule has 1 heterocycles. The predicted octanol–water partition coefficient (Wildman–Crippen LogP) is 13.7. The molecule has 1 saturated heterocycles. The number of carbonyl (C=O) groups is 4. The van der Waals surface area contributed by atoms with Crippen LogP contribution in [-0.2, 0) is 42.9 Å². The maximum absolute atomic E-state index is 13.1. The topological polar surface area (TPSA) is 175 Å². The van der Waals surface area contributed by atoms with Crippen molar-refractivity contribution in [3.8, 4) is 0 Å². The summed E-state index contributed by atoms with van der Waals surface area (Å²) < 4.78 is 28.3. The zero-order valence-electron chi connectivity index (χ0n) is 43.8. The van der Waals surface area contributed by atoms with Gasteiger partial charge in [-0.2, -0.15) is 0 Å². The van der Waals surface area contributed by atoms with E-state index >= 15 is 0 Å². The zero-order chi connectivity index (χ0) is 50.4. The Morgan fingerprint density at radius 1 is 0.478 bits per heavy atom. The number of aliphatic carboxylic acids is 1. The normalized spacial score (nSPS) is 18.9. The van der Waals surface area contributed by atoms with Crippen LogP contribution in [0.2, 0.25) is 0 Å². The first kappa shape index (κ1) is 64.0. The number of hydrogen-bond acceptors (Lipinski definition) is 11. The van der Waals surface area contributed by atoms with Crippen LogP contribution in [0.3, 0.4) is 0 Å². The molecule has 1 rings (SSSR count). The van der Waals surface area contributed by atoms with Crippen LogP contribution in [0.4, 0.5) is 0 Å². The lowest BCUT2D eigenvalue weighted by Gasteiger charge is -2.40. The molecule has 6 atom stereocenters. The van der Waals surface area contributed by atoms with E-state index in [9.17, 15) is 34.5 Å². The highest BCUT2D eigenvalue weighted by Gasteiger charge is 2.50. The van der Waals surface area contributed by atoms with Crippen LogP contribution >= 0.6 is 0 Å². The Hall–Kier alpha value is -3.06. The summed E-state index contributed by atoms with van der Waals surface area (Å²) in [6, 6.07) is 0. The molecule has 6 unspecified atom stereocenters. The van der Waals surface area contributed by atoms with E-state index < -0.39 is 67.3 Å². The molecule has 0 aliphatic carbocycles. The van der Waals surface area contributed by atoms with Crippen molar-refractivity contribution in [3.63, 3.8) is 0 Å². The lowest BCUT2D eigenvalue weighted by molar-refractivity contribution is -0.301.